The number of benzene rings is 2. The molecule has 0 bridgehead atoms. The normalized spacial score (nSPS) is 16.8. The van der Waals surface area contributed by atoms with E-state index in [-0.39, 0.29) is 22.8 Å². The molecular formula is C21H23NO5S. The van der Waals surface area contributed by atoms with Crippen LogP contribution in [0.25, 0.3) is 0 Å². The number of ketones is 1. The predicted octanol–water partition coefficient (Wildman–Crippen LogP) is 3.49. The van der Waals surface area contributed by atoms with Crippen LogP contribution in [0.15, 0.2) is 53.4 Å². The zero-order valence-electron chi connectivity index (χ0n) is 15.9. The highest BCUT2D eigenvalue weighted by molar-refractivity contribution is 7.92. The third kappa shape index (κ3) is 3.94. The van der Waals surface area contributed by atoms with Crippen molar-refractivity contribution < 1.29 is 22.7 Å². The second-order valence-corrected chi connectivity index (χ2v) is 8.57. The lowest BCUT2D eigenvalue weighted by Gasteiger charge is -2.24. The molecule has 1 aliphatic carbocycles. The summed E-state index contributed by atoms with van der Waals surface area (Å²) in [6.07, 6.45) is 0.894. The number of esters is 1. The number of nitrogens with zero attached hydrogens (tertiary/aromatic N) is 1. The monoisotopic (exact) mass is 401 g/mol. The maximum atomic E-state index is 13.3. The van der Waals surface area contributed by atoms with E-state index in [0.29, 0.717) is 30.5 Å². The smallest absolute Gasteiger partial charge is 0.338 e. The van der Waals surface area contributed by atoms with Crippen LogP contribution >= 0.6 is 0 Å². The standard InChI is InChI=1S/C21H23NO5S/c1-3-22(17-8-5-4-6-9-17)28(25,26)20-14-16(13-12-15(20)2)21(24)27-19-11-7-10-18(19)23/h4-6,8-9,12-14,19H,3,7,10-11H2,1-2H3/t19-/m1/s1. The summed E-state index contributed by atoms with van der Waals surface area (Å²) < 4.78 is 33.1. The molecule has 0 heterocycles. The van der Waals surface area contributed by atoms with Crippen LogP contribution in [0.2, 0.25) is 0 Å². The first kappa shape index (κ1) is 20.1. The topological polar surface area (TPSA) is 80.8 Å². The van der Waals surface area contributed by atoms with E-state index >= 15 is 0 Å². The summed E-state index contributed by atoms with van der Waals surface area (Å²) in [7, 11) is -3.87. The van der Waals surface area contributed by atoms with Gasteiger partial charge in [0.05, 0.1) is 16.1 Å². The predicted molar refractivity (Wildman–Crippen MR) is 106 cm³/mol. The fourth-order valence-electron chi connectivity index (χ4n) is 3.31. The van der Waals surface area contributed by atoms with Crippen LogP contribution in [0.1, 0.15) is 42.1 Å². The number of Topliss-reactive ketones (excluding diaryl/α,β-unsaturated/α-hetero) is 1. The van der Waals surface area contributed by atoms with Crippen molar-refractivity contribution >= 4 is 27.5 Å². The molecule has 28 heavy (non-hydrogen) atoms. The van der Waals surface area contributed by atoms with Crippen molar-refractivity contribution in [3.63, 3.8) is 0 Å². The molecule has 1 saturated carbocycles. The van der Waals surface area contributed by atoms with Gasteiger partial charge in [-0.2, -0.15) is 0 Å². The van der Waals surface area contributed by atoms with Gasteiger partial charge in [0.2, 0.25) is 0 Å². The number of ether oxygens (including phenoxy) is 1. The molecule has 0 N–H and O–H groups in total. The Labute approximate surface area is 165 Å². The quantitative estimate of drug-likeness (QED) is 0.692. The number of sulfonamides is 1. The first-order valence-corrected chi connectivity index (χ1v) is 10.7. The number of rotatable bonds is 6. The van der Waals surface area contributed by atoms with Gasteiger partial charge < -0.3 is 4.74 Å². The van der Waals surface area contributed by atoms with Crippen LogP contribution in [-0.4, -0.2) is 32.8 Å². The second-order valence-electron chi connectivity index (χ2n) is 6.74. The van der Waals surface area contributed by atoms with Crippen LogP contribution in [0, 0.1) is 6.92 Å². The molecule has 1 aliphatic rings. The van der Waals surface area contributed by atoms with Gasteiger partial charge in [-0.1, -0.05) is 24.3 Å². The highest BCUT2D eigenvalue weighted by Crippen LogP contribution is 2.27. The lowest BCUT2D eigenvalue weighted by Crippen LogP contribution is -2.31. The Morgan fingerprint density at radius 1 is 1.18 bits per heavy atom. The number of anilines is 1. The van der Waals surface area contributed by atoms with Crippen molar-refractivity contribution in [1.29, 1.82) is 0 Å². The summed E-state index contributed by atoms with van der Waals surface area (Å²) >= 11 is 0. The van der Waals surface area contributed by atoms with E-state index < -0.39 is 22.1 Å². The fraction of sp³-hybridized carbons (Fsp3) is 0.333. The number of carbonyl (C=O) groups is 2. The van der Waals surface area contributed by atoms with E-state index in [1.807, 2.05) is 6.07 Å². The molecule has 0 radical (unpaired) electrons. The van der Waals surface area contributed by atoms with Gasteiger partial charge in [0.1, 0.15) is 0 Å². The van der Waals surface area contributed by atoms with Crippen molar-refractivity contribution in [2.24, 2.45) is 0 Å². The van der Waals surface area contributed by atoms with Gasteiger partial charge in [-0.15, -0.1) is 0 Å². The van der Waals surface area contributed by atoms with Gasteiger partial charge >= 0.3 is 5.97 Å². The molecule has 3 rings (SSSR count). The van der Waals surface area contributed by atoms with Gasteiger partial charge in [-0.3, -0.25) is 9.10 Å². The SMILES string of the molecule is CCN(c1ccccc1)S(=O)(=O)c1cc(C(=O)O[C@@H]2CCCC2=O)ccc1C. The van der Waals surface area contributed by atoms with Crippen molar-refractivity contribution in [2.75, 3.05) is 10.8 Å². The third-order valence-electron chi connectivity index (χ3n) is 4.82. The highest BCUT2D eigenvalue weighted by atomic mass is 32.2. The zero-order valence-corrected chi connectivity index (χ0v) is 16.7. The average molecular weight is 401 g/mol. The lowest BCUT2D eigenvalue weighted by atomic mass is 10.1. The Kier molecular flexibility index (Phi) is 5.84. The molecule has 0 saturated heterocycles. The van der Waals surface area contributed by atoms with E-state index in [4.69, 9.17) is 4.74 Å². The molecule has 1 atom stereocenters. The number of carbonyl (C=O) groups excluding carboxylic acids is 2. The first-order valence-electron chi connectivity index (χ1n) is 9.26. The van der Waals surface area contributed by atoms with Gasteiger partial charge in [0.25, 0.3) is 10.0 Å². The maximum absolute atomic E-state index is 13.3. The van der Waals surface area contributed by atoms with Crippen LogP contribution in [0.4, 0.5) is 5.69 Å². The van der Waals surface area contributed by atoms with E-state index in [9.17, 15) is 18.0 Å². The summed E-state index contributed by atoms with van der Waals surface area (Å²) in [4.78, 5) is 24.2. The van der Waals surface area contributed by atoms with E-state index in [1.165, 1.54) is 16.4 Å². The number of hydrogen-bond acceptors (Lipinski definition) is 5. The molecule has 0 unspecified atom stereocenters. The van der Waals surface area contributed by atoms with E-state index in [0.717, 1.165) is 0 Å². The van der Waals surface area contributed by atoms with Crippen molar-refractivity contribution in [2.45, 2.75) is 44.1 Å². The molecule has 6 nitrogen and oxygen atoms in total. The molecule has 7 heteroatoms. The fourth-order valence-corrected chi connectivity index (χ4v) is 5.04. The highest BCUT2D eigenvalue weighted by Gasteiger charge is 2.30. The molecular weight excluding hydrogens is 378 g/mol. The largest absolute Gasteiger partial charge is 0.451 e. The summed E-state index contributed by atoms with van der Waals surface area (Å²) in [5.41, 5.74) is 1.20. The van der Waals surface area contributed by atoms with Crippen LogP contribution in [0.3, 0.4) is 0 Å². The van der Waals surface area contributed by atoms with Gasteiger partial charge in [-0.05, 0) is 56.5 Å². The van der Waals surface area contributed by atoms with Crippen LogP contribution in [0.5, 0.6) is 0 Å². The minimum Gasteiger partial charge on any atom is -0.451 e. The minimum absolute atomic E-state index is 0.0467. The Balaban J connectivity index is 1.94. The molecule has 148 valence electrons. The van der Waals surface area contributed by atoms with Crippen LogP contribution < -0.4 is 4.31 Å². The minimum atomic E-state index is -3.87. The molecule has 1 fully saturated rings. The van der Waals surface area contributed by atoms with E-state index in [2.05, 4.69) is 0 Å². The summed E-state index contributed by atoms with van der Waals surface area (Å²) in [6.45, 7) is 3.68. The van der Waals surface area contributed by atoms with Gasteiger partial charge in [0.15, 0.2) is 11.9 Å². The number of aryl methyl sites for hydroxylation is 1. The van der Waals surface area contributed by atoms with Gasteiger partial charge in [0, 0.05) is 13.0 Å². The second kappa shape index (κ2) is 8.14. The van der Waals surface area contributed by atoms with Crippen molar-refractivity contribution in [3.8, 4) is 0 Å². The Morgan fingerprint density at radius 3 is 2.50 bits per heavy atom. The molecule has 2 aromatic carbocycles. The Morgan fingerprint density at radius 2 is 1.89 bits per heavy atom. The van der Waals surface area contributed by atoms with E-state index in [1.54, 1.807) is 44.2 Å². The molecule has 2 aromatic rings. The molecule has 0 spiro atoms. The van der Waals surface area contributed by atoms with Crippen molar-refractivity contribution in [3.05, 3.63) is 59.7 Å². The molecule has 0 amide bonds. The third-order valence-corrected chi connectivity index (χ3v) is 6.87. The lowest BCUT2D eigenvalue weighted by molar-refractivity contribution is -0.124. The zero-order chi connectivity index (χ0) is 20.3. The Bertz CT molecular complexity index is 985. The summed E-state index contributed by atoms with van der Waals surface area (Å²) in [5, 5.41) is 0. The van der Waals surface area contributed by atoms with Crippen molar-refractivity contribution in [1.82, 2.24) is 0 Å². The summed E-state index contributed by atoms with van der Waals surface area (Å²) in [5.74, 6) is -0.769. The van der Waals surface area contributed by atoms with Crippen LogP contribution in [-0.2, 0) is 19.6 Å². The first-order chi connectivity index (χ1) is 13.3. The maximum Gasteiger partial charge on any atom is 0.338 e. The number of para-hydroxylation sites is 1. The number of hydrogen-bond donors (Lipinski definition) is 0. The average Bonchev–Trinajstić information content (AvgIpc) is 3.07. The Hall–Kier alpha value is -2.67. The van der Waals surface area contributed by atoms with Gasteiger partial charge in [-0.25, -0.2) is 13.2 Å². The molecule has 0 aromatic heterocycles. The molecule has 0 aliphatic heterocycles. The summed E-state index contributed by atoms with van der Waals surface area (Å²) in [6, 6.07) is 13.2.